The van der Waals surface area contributed by atoms with Gasteiger partial charge >= 0.3 is 0 Å². The second kappa shape index (κ2) is 4.91. The molecule has 62 valence electrons. The number of nitrogens with zero attached hydrogens (tertiary/aromatic N) is 1. The average Bonchev–Trinajstić information content (AvgIpc) is 2.09. The van der Waals surface area contributed by atoms with Gasteiger partial charge in [-0.15, -0.1) is 0 Å². The lowest BCUT2D eigenvalue weighted by Gasteiger charge is -1.89. The van der Waals surface area contributed by atoms with Gasteiger partial charge in [0.15, 0.2) is 0 Å². The fraction of sp³-hybridized carbons (Fsp3) is 0.222. The monoisotopic (exact) mass is 224 g/mol. The zero-order valence-corrected chi connectivity index (χ0v) is 8.13. The summed E-state index contributed by atoms with van der Waals surface area (Å²) in [5.74, 6) is 5.90. The fourth-order valence-electron chi connectivity index (χ4n) is 0.686. The first-order chi connectivity index (χ1) is 5.83. The maximum absolute atomic E-state index is 5.29. The molecule has 2 nitrogen and oxygen atoms in total. The summed E-state index contributed by atoms with van der Waals surface area (Å²) in [6.45, 7) is 0.608. The van der Waals surface area contributed by atoms with Gasteiger partial charge in [0.1, 0.15) is 4.60 Å². The second-order valence-electron chi connectivity index (χ2n) is 2.21. The topological polar surface area (TPSA) is 38.9 Å². The van der Waals surface area contributed by atoms with Crippen molar-refractivity contribution in [3.05, 3.63) is 28.5 Å². The lowest BCUT2D eigenvalue weighted by atomic mass is 10.3. The highest BCUT2D eigenvalue weighted by Gasteiger charge is 1.86. The van der Waals surface area contributed by atoms with Crippen molar-refractivity contribution < 1.29 is 0 Å². The molecule has 0 saturated carbocycles. The SMILES string of the molecule is NCCC#Cc1ccc(Br)nc1. The van der Waals surface area contributed by atoms with E-state index in [0.717, 1.165) is 16.6 Å². The van der Waals surface area contributed by atoms with E-state index in [1.807, 2.05) is 12.1 Å². The van der Waals surface area contributed by atoms with Gasteiger partial charge in [-0.05, 0) is 28.1 Å². The van der Waals surface area contributed by atoms with Gasteiger partial charge < -0.3 is 5.73 Å². The third kappa shape index (κ3) is 3.04. The van der Waals surface area contributed by atoms with Gasteiger partial charge in [-0.2, -0.15) is 0 Å². The molecule has 0 aliphatic carbocycles. The van der Waals surface area contributed by atoms with Crippen LogP contribution in [0.15, 0.2) is 22.9 Å². The third-order valence-corrected chi connectivity index (χ3v) is 1.70. The number of pyridine rings is 1. The highest BCUT2D eigenvalue weighted by Crippen LogP contribution is 2.04. The van der Waals surface area contributed by atoms with E-state index in [-0.39, 0.29) is 0 Å². The maximum Gasteiger partial charge on any atom is 0.106 e. The van der Waals surface area contributed by atoms with Crippen LogP contribution in [0.2, 0.25) is 0 Å². The molecule has 0 aliphatic rings. The number of hydrogen-bond acceptors (Lipinski definition) is 2. The Hall–Kier alpha value is -0.850. The van der Waals surface area contributed by atoms with Crippen LogP contribution in [0, 0.1) is 11.8 Å². The van der Waals surface area contributed by atoms with Crippen LogP contribution >= 0.6 is 15.9 Å². The van der Waals surface area contributed by atoms with Crippen molar-refractivity contribution in [1.82, 2.24) is 4.98 Å². The number of rotatable bonds is 1. The highest BCUT2D eigenvalue weighted by atomic mass is 79.9. The lowest BCUT2D eigenvalue weighted by Crippen LogP contribution is -1.95. The van der Waals surface area contributed by atoms with Crippen LogP contribution in [0.4, 0.5) is 0 Å². The summed E-state index contributed by atoms with van der Waals surface area (Å²) in [5, 5.41) is 0. The van der Waals surface area contributed by atoms with Crippen molar-refractivity contribution >= 4 is 15.9 Å². The summed E-state index contributed by atoms with van der Waals surface area (Å²) >= 11 is 3.25. The van der Waals surface area contributed by atoms with Crippen molar-refractivity contribution in [2.24, 2.45) is 5.73 Å². The molecule has 1 aromatic rings. The standard InChI is InChI=1S/C9H9BrN2/c10-9-5-4-8(7-12-9)3-1-2-6-11/h4-5,7H,2,6,11H2. The summed E-state index contributed by atoms with van der Waals surface area (Å²) in [6.07, 6.45) is 2.46. The minimum atomic E-state index is 0.608. The zero-order valence-electron chi connectivity index (χ0n) is 6.55. The predicted molar refractivity (Wildman–Crippen MR) is 52.5 cm³/mol. The predicted octanol–water partition coefficient (Wildman–Crippen LogP) is 1.54. The van der Waals surface area contributed by atoms with Gasteiger partial charge in [-0.25, -0.2) is 4.98 Å². The van der Waals surface area contributed by atoms with Crippen LogP contribution in [0.3, 0.4) is 0 Å². The van der Waals surface area contributed by atoms with E-state index < -0.39 is 0 Å². The Bertz CT molecular complexity index is 295. The van der Waals surface area contributed by atoms with E-state index in [0.29, 0.717) is 6.54 Å². The fourth-order valence-corrected chi connectivity index (χ4v) is 0.921. The minimum Gasteiger partial charge on any atom is -0.330 e. The lowest BCUT2D eigenvalue weighted by molar-refractivity contribution is 1.03. The van der Waals surface area contributed by atoms with E-state index >= 15 is 0 Å². The molecule has 0 bridgehead atoms. The largest absolute Gasteiger partial charge is 0.330 e. The normalized spacial score (nSPS) is 8.83. The molecule has 1 aromatic heterocycles. The Kier molecular flexibility index (Phi) is 3.78. The van der Waals surface area contributed by atoms with Crippen LogP contribution in [-0.2, 0) is 0 Å². The number of nitrogens with two attached hydrogens (primary N) is 1. The number of halogens is 1. The minimum absolute atomic E-state index is 0.608. The zero-order chi connectivity index (χ0) is 8.81. The number of aromatic nitrogens is 1. The average molecular weight is 225 g/mol. The third-order valence-electron chi connectivity index (χ3n) is 1.23. The Labute approximate surface area is 80.3 Å². The van der Waals surface area contributed by atoms with Crippen LogP contribution in [0.1, 0.15) is 12.0 Å². The van der Waals surface area contributed by atoms with Gasteiger partial charge in [0.25, 0.3) is 0 Å². The summed E-state index contributed by atoms with van der Waals surface area (Å²) < 4.78 is 0.826. The molecule has 0 aromatic carbocycles. The molecular weight excluding hydrogens is 216 g/mol. The van der Waals surface area contributed by atoms with Crippen molar-refractivity contribution in [2.45, 2.75) is 6.42 Å². The van der Waals surface area contributed by atoms with Gasteiger partial charge in [0.2, 0.25) is 0 Å². The molecule has 0 spiro atoms. The van der Waals surface area contributed by atoms with Crippen molar-refractivity contribution in [3.63, 3.8) is 0 Å². The summed E-state index contributed by atoms with van der Waals surface area (Å²) in [4.78, 5) is 4.04. The molecule has 1 rings (SSSR count). The first kappa shape index (κ1) is 9.24. The molecule has 3 heteroatoms. The van der Waals surface area contributed by atoms with Gasteiger partial charge in [0.05, 0.1) is 0 Å². The molecule has 0 fully saturated rings. The van der Waals surface area contributed by atoms with Gasteiger partial charge in [-0.3, -0.25) is 0 Å². The quantitative estimate of drug-likeness (QED) is 0.581. The Morgan fingerprint density at radius 1 is 1.50 bits per heavy atom. The summed E-state index contributed by atoms with van der Waals surface area (Å²) in [5.41, 5.74) is 6.21. The Morgan fingerprint density at radius 2 is 2.33 bits per heavy atom. The second-order valence-corrected chi connectivity index (χ2v) is 3.02. The molecule has 2 N–H and O–H groups in total. The Balaban J connectivity index is 2.66. The first-order valence-electron chi connectivity index (χ1n) is 3.63. The smallest absolute Gasteiger partial charge is 0.106 e. The Morgan fingerprint density at radius 3 is 2.92 bits per heavy atom. The molecule has 0 saturated heterocycles. The van der Waals surface area contributed by atoms with Crippen molar-refractivity contribution in [3.8, 4) is 11.8 Å². The van der Waals surface area contributed by atoms with E-state index in [2.05, 4.69) is 32.8 Å². The van der Waals surface area contributed by atoms with Crippen LogP contribution in [0.25, 0.3) is 0 Å². The van der Waals surface area contributed by atoms with Crippen molar-refractivity contribution in [2.75, 3.05) is 6.54 Å². The molecule has 0 unspecified atom stereocenters. The van der Waals surface area contributed by atoms with Crippen LogP contribution in [0.5, 0.6) is 0 Å². The summed E-state index contributed by atoms with van der Waals surface area (Å²) in [7, 11) is 0. The van der Waals surface area contributed by atoms with E-state index in [4.69, 9.17) is 5.73 Å². The summed E-state index contributed by atoms with van der Waals surface area (Å²) in [6, 6.07) is 3.78. The molecule has 0 amide bonds. The molecule has 12 heavy (non-hydrogen) atoms. The number of hydrogen-bond donors (Lipinski definition) is 1. The maximum atomic E-state index is 5.29. The molecule has 0 atom stereocenters. The van der Waals surface area contributed by atoms with Gasteiger partial charge in [-0.1, -0.05) is 11.8 Å². The van der Waals surface area contributed by atoms with Crippen LogP contribution in [-0.4, -0.2) is 11.5 Å². The van der Waals surface area contributed by atoms with Gasteiger partial charge in [0, 0.05) is 24.7 Å². The molecule has 0 aliphatic heterocycles. The highest BCUT2D eigenvalue weighted by molar-refractivity contribution is 9.10. The van der Waals surface area contributed by atoms with Crippen molar-refractivity contribution in [1.29, 1.82) is 0 Å². The van der Waals surface area contributed by atoms with E-state index in [1.165, 1.54) is 0 Å². The first-order valence-corrected chi connectivity index (χ1v) is 4.42. The molecule has 0 radical (unpaired) electrons. The molecular formula is C9H9BrN2. The van der Waals surface area contributed by atoms with E-state index in [1.54, 1.807) is 6.20 Å². The van der Waals surface area contributed by atoms with Crippen LogP contribution < -0.4 is 5.73 Å². The molecule has 1 heterocycles. The van der Waals surface area contributed by atoms with E-state index in [9.17, 15) is 0 Å².